The summed E-state index contributed by atoms with van der Waals surface area (Å²) in [6.07, 6.45) is 0.898. The van der Waals surface area contributed by atoms with E-state index in [0.29, 0.717) is 5.92 Å². The normalized spacial score (nSPS) is 22.8. The van der Waals surface area contributed by atoms with Gasteiger partial charge in [-0.05, 0) is 53.5 Å². The van der Waals surface area contributed by atoms with Crippen molar-refractivity contribution in [1.82, 2.24) is 4.90 Å². The van der Waals surface area contributed by atoms with E-state index in [9.17, 15) is 4.79 Å². The molecule has 1 aliphatic heterocycles. The number of amides is 1. The zero-order valence-corrected chi connectivity index (χ0v) is 14.2. The van der Waals surface area contributed by atoms with Gasteiger partial charge in [0.1, 0.15) is 0 Å². The predicted octanol–water partition coefficient (Wildman–Crippen LogP) is 2.83. The van der Waals surface area contributed by atoms with Crippen LogP contribution in [0.3, 0.4) is 0 Å². The van der Waals surface area contributed by atoms with E-state index in [0.717, 1.165) is 34.2 Å². The molecule has 2 rings (SSSR count). The monoisotopic (exact) mass is 394 g/mol. The zero-order valence-electron chi connectivity index (χ0n) is 11.2. The van der Waals surface area contributed by atoms with Crippen LogP contribution in [0.15, 0.2) is 18.2 Å². The van der Waals surface area contributed by atoms with E-state index < -0.39 is 0 Å². The quantitative estimate of drug-likeness (QED) is 0.745. The Morgan fingerprint density at radius 3 is 2.79 bits per heavy atom. The van der Waals surface area contributed by atoms with Gasteiger partial charge in [-0.3, -0.25) is 4.79 Å². The van der Waals surface area contributed by atoms with Gasteiger partial charge in [0.2, 0.25) is 0 Å². The third kappa shape index (κ3) is 3.61. The predicted molar refractivity (Wildman–Crippen MR) is 88.8 cm³/mol. The van der Waals surface area contributed by atoms with E-state index in [2.05, 4.69) is 29.5 Å². The Morgan fingerprint density at radius 1 is 1.47 bits per heavy atom. The summed E-state index contributed by atoms with van der Waals surface area (Å²) in [5, 5.41) is 0. The van der Waals surface area contributed by atoms with Crippen molar-refractivity contribution in [2.75, 3.05) is 13.1 Å². The highest BCUT2D eigenvalue weighted by molar-refractivity contribution is 14.1. The van der Waals surface area contributed by atoms with E-state index in [1.54, 1.807) is 0 Å². The lowest BCUT2D eigenvalue weighted by molar-refractivity contribution is 0.0663. The molecule has 3 nitrogen and oxygen atoms in total. The number of benzene rings is 1. The van der Waals surface area contributed by atoms with Crippen LogP contribution in [0.25, 0.3) is 0 Å². The second-order valence-electron chi connectivity index (χ2n) is 5.12. The van der Waals surface area contributed by atoms with Crippen molar-refractivity contribution < 1.29 is 4.79 Å². The van der Waals surface area contributed by atoms with Crippen LogP contribution >= 0.6 is 35.0 Å². The lowest BCUT2D eigenvalue weighted by atomic mass is 9.94. The summed E-state index contributed by atoms with van der Waals surface area (Å²) in [6.45, 7) is 5.69. The third-order valence-corrected chi connectivity index (χ3v) is 5.11. The summed E-state index contributed by atoms with van der Waals surface area (Å²) in [5.41, 5.74) is 7.97. The van der Waals surface area contributed by atoms with Crippen molar-refractivity contribution in [3.63, 3.8) is 0 Å². The molecule has 1 aromatic rings. The molecule has 106 valence electrons. The number of carbonyl (C=O) groups excluding carboxylic acids is 1. The number of likely N-dealkylation sites (tertiary alicyclic amines) is 1. The smallest absolute Gasteiger partial charge is 0.254 e. The van der Waals surface area contributed by atoms with E-state index in [4.69, 9.17) is 5.73 Å². The van der Waals surface area contributed by atoms with Crippen molar-refractivity contribution in [3.05, 3.63) is 32.9 Å². The molecule has 0 bridgehead atoms. The average molecular weight is 395 g/mol. The van der Waals surface area contributed by atoms with Crippen LogP contribution in [-0.4, -0.2) is 29.9 Å². The largest absolute Gasteiger partial charge is 0.338 e. The first-order chi connectivity index (χ1) is 8.50. The summed E-state index contributed by atoms with van der Waals surface area (Å²) in [6, 6.07) is 6.12. The van der Waals surface area contributed by atoms with Crippen LogP contribution in [-0.2, 0) is 0 Å². The Balaban J connectivity index is 0.00000180. The van der Waals surface area contributed by atoms with Gasteiger partial charge in [0.25, 0.3) is 5.91 Å². The van der Waals surface area contributed by atoms with Crippen LogP contribution in [0.4, 0.5) is 0 Å². The second-order valence-corrected chi connectivity index (χ2v) is 6.20. The van der Waals surface area contributed by atoms with Crippen LogP contribution in [0, 0.1) is 16.4 Å². The average Bonchev–Trinajstić information content (AvgIpc) is 2.35. The molecule has 2 N–H and O–H groups in total. The summed E-state index contributed by atoms with van der Waals surface area (Å²) < 4.78 is 1.06. The number of nitrogens with zero attached hydrogens (tertiary/aromatic N) is 1. The molecule has 0 spiro atoms. The van der Waals surface area contributed by atoms with Gasteiger partial charge in [-0.1, -0.05) is 19.1 Å². The Labute approximate surface area is 134 Å². The number of aryl methyl sites for hydroxylation is 1. The molecule has 1 aliphatic rings. The Morgan fingerprint density at radius 2 is 2.16 bits per heavy atom. The molecule has 0 radical (unpaired) electrons. The Hall–Kier alpha value is -0.330. The van der Waals surface area contributed by atoms with Crippen LogP contribution in [0.5, 0.6) is 0 Å². The highest BCUT2D eigenvalue weighted by Gasteiger charge is 2.27. The summed E-state index contributed by atoms with van der Waals surface area (Å²) >= 11 is 2.25. The first-order valence-electron chi connectivity index (χ1n) is 6.30. The maximum Gasteiger partial charge on any atom is 0.254 e. The van der Waals surface area contributed by atoms with E-state index >= 15 is 0 Å². The summed E-state index contributed by atoms with van der Waals surface area (Å²) in [7, 11) is 0. The fourth-order valence-electron chi connectivity index (χ4n) is 2.33. The third-order valence-electron chi connectivity index (χ3n) is 3.68. The minimum absolute atomic E-state index is 0. The second kappa shape index (κ2) is 6.90. The maximum atomic E-state index is 12.5. The topological polar surface area (TPSA) is 46.3 Å². The first-order valence-corrected chi connectivity index (χ1v) is 7.38. The highest BCUT2D eigenvalue weighted by Crippen LogP contribution is 2.22. The number of halogens is 2. The van der Waals surface area contributed by atoms with Crippen LogP contribution < -0.4 is 5.73 Å². The van der Waals surface area contributed by atoms with Gasteiger partial charge in [-0.25, -0.2) is 0 Å². The fraction of sp³-hybridized carbons (Fsp3) is 0.500. The van der Waals surface area contributed by atoms with E-state index in [-0.39, 0.29) is 24.4 Å². The number of hydrogen-bond acceptors (Lipinski definition) is 2. The number of hydrogen-bond donors (Lipinski definition) is 1. The molecule has 5 heteroatoms. The number of piperidine rings is 1. The van der Waals surface area contributed by atoms with E-state index in [1.165, 1.54) is 0 Å². The van der Waals surface area contributed by atoms with Gasteiger partial charge in [-0.2, -0.15) is 0 Å². The molecule has 1 fully saturated rings. The molecule has 0 saturated carbocycles. The molecule has 2 atom stereocenters. The summed E-state index contributed by atoms with van der Waals surface area (Å²) in [5.74, 6) is 0.520. The van der Waals surface area contributed by atoms with Gasteiger partial charge < -0.3 is 10.6 Å². The Kier molecular flexibility index (Phi) is 6.08. The van der Waals surface area contributed by atoms with Crippen molar-refractivity contribution in [2.24, 2.45) is 11.7 Å². The lowest BCUT2D eigenvalue weighted by Crippen LogP contribution is -2.48. The van der Waals surface area contributed by atoms with Crippen LogP contribution in [0.1, 0.15) is 29.3 Å². The molecule has 2 unspecified atom stereocenters. The van der Waals surface area contributed by atoms with Crippen LogP contribution in [0.2, 0.25) is 0 Å². The molecular weight excluding hydrogens is 375 g/mol. The lowest BCUT2D eigenvalue weighted by Gasteiger charge is -2.35. The number of rotatable bonds is 1. The standard InChI is InChI=1S/C14H19IN2O.ClH/c1-9-4-3-5-11(13(9)15)14(18)17-7-6-12(16)10(2)8-17;/h3-5,10,12H,6-8,16H2,1-2H3;1H. The highest BCUT2D eigenvalue weighted by atomic mass is 127. The summed E-state index contributed by atoms with van der Waals surface area (Å²) in [4.78, 5) is 14.4. The van der Waals surface area contributed by atoms with E-state index in [1.807, 2.05) is 30.0 Å². The molecule has 1 saturated heterocycles. The minimum atomic E-state index is 0. The molecule has 1 amide bonds. The fourth-order valence-corrected chi connectivity index (χ4v) is 2.92. The number of carbonyl (C=O) groups is 1. The van der Waals surface area contributed by atoms with Gasteiger partial charge >= 0.3 is 0 Å². The molecule has 1 heterocycles. The SMILES string of the molecule is Cc1cccc(C(=O)N2CCC(N)C(C)C2)c1I.Cl. The zero-order chi connectivity index (χ0) is 13.3. The van der Waals surface area contributed by atoms with Gasteiger partial charge in [0.05, 0.1) is 5.56 Å². The van der Waals surface area contributed by atoms with Crippen molar-refractivity contribution in [2.45, 2.75) is 26.3 Å². The maximum absolute atomic E-state index is 12.5. The van der Waals surface area contributed by atoms with Gasteiger partial charge in [0, 0.05) is 22.7 Å². The molecule has 0 aromatic heterocycles. The minimum Gasteiger partial charge on any atom is -0.338 e. The van der Waals surface area contributed by atoms with Gasteiger partial charge in [-0.15, -0.1) is 12.4 Å². The Bertz CT molecular complexity index is 467. The van der Waals surface area contributed by atoms with Crippen molar-refractivity contribution >= 4 is 40.9 Å². The first kappa shape index (κ1) is 16.7. The molecular formula is C14H20ClIN2O. The molecule has 1 aromatic carbocycles. The van der Waals surface area contributed by atoms with Gasteiger partial charge in [0.15, 0.2) is 0 Å². The molecule has 19 heavy (non-hydrogen) atoms. The van der Waals surface area contributed by atoms with Crippen molar-refractivity contribution in [1.29, 1.82) is 0 Å². The number of nitrogens with two attached hydrogens (primary N) is 1. The van der Waals surface area contributed by atoms with Crippen molar-refractivity contribution in [3.8, 4) is 0 Å². The molecule has 0 aliphatic carbocycles.